The molecule has 0 aliphatic carbocycles. The van der Waals surface area contributed by atoms with Gasteiger partial charge in [0.05, 0.1) is 57.1 Å². The second-order valence-corrected chi connectivity index (χ2v) is 13.5. The molecule has 3 aromatic heterocycles. The van der Waals surface area contributed by atoms with Gasteiger partial charge in [0.25, 0.3) is 0 Å². The summed E-state index contributed by atoms with van der Waals surface area (Å²) in [5.41, 5.74) is 9.19. The molecule has 8 bridgehead atoms. The molecule has 0 saturated heterocycles. The van der Waals surface area contributed by atoms with Crippen LogP contribution in [0.15, 0.2) is 72.8 Å². The molecular weight excluding hydrogens is 727 g/mol. The molecule has 2 aliphatic heterocycles. The second kappa shape index (κ2) is 17.0. The molecule has 12 heteroatoms. The number of aromatic nitrogens is 4. The Balaban J connectivity index is 1.33. The van der Waals surface area contributed by atoms with Crippen LogP contribution in [0, 0.1) is 0 Å². The van der Waals surface area contributed by atoms with Gasteiger partial charge < -0.3 is 39.1 Å². The van der Waals surface area contributed by atoms with Crippen molar-refractivity contribution in [1.82, 2.24) is 19.9 Å². The Labute approximate surface area is 322 Å². The average molecular weight is 768 g/mol. The number of aromatic amines is 2. The number of halogens is 2. The summed E-state index contributed by atoms with van der Waals surface area (Å²) in [6, 6.07) is 23.3. The number of hydrogen-bond donors (Lipinski definition) is 4. The minimum absolute atomic E-state index is 0.0661. The zero-order chi connectivity index (χ0) is 37.6. The van der Waals surface area contributed by atoms with E-state index in [2.05, 4.69) is 9.97 Å². The van der Waals surface area contributed by atoms with Crippen LogP contribution in [0.4, 0.5) is 0 Å². The lowest BCUT2D eigenvalue weighted by atomic mass is 10.0. The number of rotatable bonds is 14. The van der Waals surface area contributed by atoms with Gasteiger partial charge in [-0.2, -0.15) is 0 Å². The summed E-state index contributed by atoms with van der Waals surface area (Å²) in [6.45, 7) is 4.59. The molecule has 7 rings (SSSR count). The number of benzene rings is 2. The van der Waals surface area contributed by atoms with Crippen LogP contribution in [0.2, 0.25) is 10.0 Å². The SMILES string of the molecule is CC(OCCCO)Oc1ccc(-c2c3nc(c(Cl)c4ccc([nH]4)c(-c4ccc(OC(C)OCCCO)cc4)c4nc(c(Cl)c5ccc2[nH]5)C=C4)C=C3)cc1. The van der Waals surface area contributed by atoms with Crippen molar-refractivity contribution in [2.75, 3.05) is 26.4 Å². The van der Waals surface area contributed by atoms with E-state index in [9.17, 15) is 0 Å². The van der Waals surface area contributed by atoms with E-state index >= 15 is 0 Å². The van der Waals surface area contributed by atoms with E-state index in [0.717, 1.165) is 44.7 Å². The smallest absolute Gasteiger partial charge is 0.196 e. The highest BCUT2D eigenvalue weighted by molar-refractivity contribution is 6.36. The molecule has 278 valence electrons. The largest absolute Gasteiger partial charge is 0.465 e. The van der Waals surface area contributed by atoms with Gasteiger partial charge in [-0.25, -0.2) is 9.97 Å². The second-order valence-electron chi connectivity index (χ2n) is 12.7. The molecule has 0 spiro atoms. The van der Waals surface area contributed by atoms with Gasteiger partial charge >= 0.3 is 0 Å². The van der Waals surface area contributed by atoms with E-state index in [1.165, 1.54) is 0 Å². The Kier molecular flexibility index (Phi) is 11.8. The molecule has 5 heterocycles. The summed E-state index contributed by atoms with van der Waals surface area (Å²) < 4.78 is 23.1. The highest BCUT2D eigenvalue weighted by atomic mass is 35.5. The van der Waals surface area contributed by atoms with Crippen molar-refractivity contribution in [3.63, 3.8) is 0 Å². The summed E-state index contributed by atoms with van der Waals surface area (Å²) in [5, 5.41) is 19.0. The van der Waals surface area contributed by atoms with Crippen molar-refractivity contribution >= 4 is 69.6 Å². The Morgan fingerprint density at radius 2 is 0.907 bits per heavy atom. The molecule has 2 atom stereocenters. The van der Waals surface area contributed by atoms with E-state index in [1.54, 1.807) is 0 Å². The maximum atomic E-state index is 9.04. The van der Waals surface area contributed by atoms with Crippen LogP contribution in [-0.2, 0) is 9.47 Å². The summed E-state index contributed by atoms with van der Waals surface area (Å²) in [4.78, 5) is 17.0. The maximum absolute atomic E-state index is 9.04. The number of aliphatic hydroxyl groups excluding tert-OH is 2. The van der Waals surface area contributed by atoms with Gasteiger partial charge in [-0.3, -0.25) is 0 Å². The normalized spacial score (nSPS) is 13.3. The third kappa shape index (κ3) is 8.39. The maximum Gasteiger partial charge on any atom is 0.196 e. The van der Waals surface area contributed by atoms with Gasteiger partial charge in [0.15, 0.2) is 12.6 Å². The van der Waals surface area contributed by atoms with Gasteiger partial charge in [-0.15, -0.1) is 0 Å². The van der Waals surface area contributed by atoms with Gasteiger partial charge in [-0.1, -0.05) is 47.5 Å². The van der Waals surface area contributed by atoms with Gasteiger partial charge in [0.1, 0.15) is 11.5 Å². The van der Waals surface area contributed by atoms with Crippen molar-refractivity contribution < 1.29 is 29.2 Å². The van der Waals surface area contributed by atoms with Crippen LogP contribution in [0.25, 0.3) is 68.6 Å². The number of fused-ring (bicyclic) bond motifs is 8. The van der Waals surface area contributed by atoms with Crippen molar-refractivity contribution in [3.05, 3.63) is 106 Å². The highest BCUT2D eigenvalue weighted by Crippen LogP contribution is 2.36. The lowest BCUT2D eigenvalue weighted by Crippen LogP contribution is -2.17. The Morgan fingerprint density at radius 3 is 1.30 bits per heavy atom. The lowest BCUT2D eigenvalue weighted by Gasteiger charge is -2.15. The van der Waals surface area contributed by atoms with E-state index in [0.29, 0.717) is 70.0 Å². The molecule has 0 amide bonds. The molecule has 54 heavy (non-hydrogen) atoms. The molecular formula is C42H40Cl2N4O6. The fraction of sp³-hybridized carbons (Fsp3) is 0.238. The third-order valence-electron chi connectivity index (χ3n) is 8.83. The van der Waals surface area contributed by atoms with Gasteiger partial charge in [0.2, 0.25) is 0 Å². The zero-order valence-corrected chi connectivity index (χ0v) is 31.3. The number of ether oxygens (including phenoxy) is 4. The number of H-pyrrole nitrogens is 2. The molecule has 0 fully saturated rings. The number of hydrogen-bond acceptors (Lipinski definition) is 8. The van der Waals surface area contributed by atoms with E-state index < -0.39 is 12.6 Å². The Hall–Kier alpha value is -4.94. The molecule has 10 nitrogen and oxygen atoms in total. The van der Waals surface area contributed by atoms with Crippen LogP contribution < -0.4 is 9.47 Å². The minimum Gasteiger partial charge on any atom is -0.465 e. The predicted octanol–water partition coefficient (Wildman–Crippen LogP) is 9.54. The summed E-state index contributed by atoms with van der Waals surface area (Å²) in [7, 11) is 0. The number of nitrogens with one attached hydrogen (secondary N) is 2. The first-order valence-corrected chi connectivity index (χ1v) is 18.5. The summed E-state index contributed by atoms with van der Waals surface area (Å²) in [6.07, 6.45) is 7.87. The standard InChI is InChI=1S/C42H40Cl2N4O6/c1-25(51-23-3-21-49)53-29-9-5-27(6-10-29)39-31-13-17-35(45-31)41(43)37-19-15-33(47-37)40(28-7-11-30(12-8-28)54-26(2)52-24-4-22-50)34-16-20-38(48-34)42(44)36-18-14-32(39)46-36/h5-20,25-26,45,48-50H,3-4,21-24H2,1-2H3. The monoisotopic (exact) mass is 766 g/mol. The topological polar surface area (TPSA) is 135 Å². The Morgan fingerprint density at radius 1 is 0.537 bits per heavy atom. The van der Waals surface area contributed by atoms with Crippen LogP contribution in [0.5, 0.6) is 11.5 Å². The third-order valence-corrected chi connectivity index (χ3v) is 9.62. The zero-order valence-electron chi connectivity index (χ0n) is 29.8. The van der Waals surface area contributed by atoms with E-state index in [-0.39, 0.29) is 13.2 Å². The first kappa shape index (κ1) is 37.4. The van der Waals surface area contributed by atoms with Gasteiger partial charge in [0, 0.05) is 35.4 Å². The summed E-state index contributed by atoms with van der Waals surface area (Å²) in [5.74, 6) is 1.30. The molecule has 5 aromatic rings. The van der Waals surface area contributed by atoms with E-state index in [4.69, 9.17) is 62.3 Å². The first-order chi connectivity index (χ1) is 26.3. The van der Waals surface area contributed by atoms with Crippen LogP contribution in [0.3, 0.4) is 0 Å². The highest BCUT2D eigenvalue weighted by Gasteiger charge is 2.17. The van der Waals surface area contributed by atoms with Crippen molar-refractivity contribution in [2.45, 2.75) is 39.3 Å². The Bertz CT molecular complexity index is 2170. The van der Waals surface area contributed by atoms with Crippen LogP contribution >= 0.6 is 23.2 Å². The summed E-state index contributed by atoms with van der Waals surface area (Å²) >= 11 is 14.1. The quantitative estimate of drug-likeness (QED) is 0.0635. The molecule has 0 saturated carbocycles. The molecule has 4 N–H and O–H groups in total. The number of aliphatic hydroxyl groups is 2. The van der Waals surface area contributed by atoms with E-state index in [1.807, 2.05) is 111 Å². The van der Waals surface area contributed by atoms with Crippen molar-refractivity contribution in [1.29, 1.82) is 0 Å². The fourth-order valence-electron chi connectivity index (χ4n) is 6.22. The first-order valence-electron chi connectivity index (χ1n) is 17.8. The predicted molar refractivity (Wildman–Crippen MR) is 215 cm³/mol. The van der Waals surface area contributed by atoms with Gasteiger partial charge in [-0.05, 0) is 111 Å². The lowest BCUT2D eigenvalue weighted by molar-refractivity contribution is -0.0699. The minimum atomic E-state index is -0.469. The van der Waals surface area contributed by atoms with Crippen LogP contribution in [-0.4, -0.2) is 69.2 Å². The number of nitrogens with zero attached hydrogens (tertiary/aromatic N) is 2. The molecule has 2 aliphatic rings. The molecule has 0 radical (unpaired) electrons. The fourth-order valence-corrected chi connectivity index (χ4v) is 6.65. The average Bonchev–Trinajstić information content (AvgIpc) is 4.02. The van der Waals surface area contributed by atoms with Crippen molar-refractivity contribution in [3.8, 4) is 33.8 Å². The molecule has 2 unspecified atom stereocenters. The van der Waals surface area contributed by atoms with Crippen molar-refractivity contribution in [2.24, 2.45) is 0 Å². The van der Waals surface area contributed by atoms with Crippen LogP contribution in [0.1, 0.15) is 49.5 Å². The molecule has 2 aromatic carbocycles.